The maximum atomic E-state index is 13.4. The van der Waals surface area contributed by atoms with Crippen LogP contribution in [-0.4, -0.2) is 52.3 Å². The van der Waals surface area contributed by atoms with Crippen molar-refractivity contribution in [2.45, 2.75) is 57.9 Å². The van der Waals surface area contributed by atoms with E-state index in [1.165, 1.54) is 19.3 Å². The molecule has 0 spiro atoms. The first kappa shape index (κ1) is 18.4. The van der Waals surface area contributed by atoms with Crippen molar-refractivity contribution in [1.29, 1.82) is 0 Å². The molecule has 6 nitrogen and oxygen atoms in total. The summed E-state index contributed by atoms with van der Waals surface area (Å²) in [4.78, 5) is 20.3. The van der Waals surface area contributed by atoms with Crippen LogP contribution < -0.4 is 5.32 Å². The molecule has 1 N–H and O–H groups in total. The first-order valence-corrected chi connectivity index (χ1v) is 10.4. The third kappa shape index (κ3) is 3.72. The Bertz CT molecular complexity index is 815. The van der Waals surface area contributed by atoms with Crippen molar-refractivity contribution in [3.05, 3.63) is 23.5 Å². The van der Waals surface area contributed by atoms with E-state index in [1.54, 1.807) is 0 Å². The maximum Gasteiger partial charge on any atom is 0.254 e. The number of aromatic nitrogens is 3. The molecule has 146 valence electrons. The number of likely N-dealkylation sites (tertiary alicyclic amines) is 1. The van der Waals surface area contributed by atoms with Gasteiger partial charge in [0.15, 0.2) is 5.65 Å². The molecule has 2 aliphatic rings. The van der Waals surface area contributed by atoms with E-state index in [0.717, 1.165) is 60.7 Å². The summed E-state index contributed by atoms with van der Waals surface area (Å²) in [6, 6.07) is 2.28. The Morgan fingerprint density at radius 3 is 2.63 bits per heavy atom. The fraction of sp³-hybridized carbons (Fsp3) is 0.667. The lowest BCUT2D eigenvalue weighted by atomic mass is 9.93. The number of piperidine rings is 1. The van der Waals surface area contributed by atoms with Crippen molar-refractivity contribution in [2.75, 3.05) is 26.7 Å². The highest BCUT2D eigenvalue weighted by molar-refractivity contribution is 6.05. The second-order valence-electron chi connectivity index (χ2n) is 8.42. The van der Waals surface area contributed by atoms with Crippen molar-refractivity contribution < 1.29 is 4.79 Å². The monoisotopic (exact) mass is 369 g/mol. The molecule has 0 bridgehead atoms. The molecule has 1 saturated carbocycles. The van der Waals surface area contributed by atoms with Crippen LogP contribution in [0.3, 0.4) is 0 Å². The number of nitrogens with one attached hydrogen (secondary N) is 1. The molecule has 3 heterocycles. The Morgan fingerprint density at radius 2 is 2.00 bits per heavy atom. The lowest BCUT2D eigenvalue weighted by Crippen LogP contribution is -2.39. The van der Waals surface area contributed by atoms with E-state index < -0.39 is 0 Å². The van der Waals surface area contributed by atoms with Crippen LogP contribution in [0.25, 0.3) is 11.0 Å². The van der Waals surface area contributed by atoms with E-state index in [0.29, 0.717) is 5.92 Å². The summed E-state index contributed by atoms with van der Waals surface area (Å²) in [6.45, 7) is 6.98. The summed E-state index contributed by atoms with van der Waals surface area (Å²) in [5, 5.41) is 8.66. The fourth-order valence-corrected chi connectivity index (χ4v) is 4.12. The third-order valence-corrected chi connectivity index (χ3v) is 6.01. The van der Waals surface area contributed by atoms with Crippen LogP contribution in [-0.2, 0) is 0 Å². The Labute approximate surface area is 161 Å². The minimum absolute atomic E-state index is 0.152. The van der Waals surface area contributed by atoms with Gasteiger partial charge >= 0.3 is 0 Å². The minimum atomic E-state index is 0.152. The molecule has 27 heavy (non-hydrogen) atoms. The summed E-state index contributed by atoms with van der Waals surface area (Å²) in [7, 11) is 2.00. The highest BCUT2D eigenvalue weighted by atomic mass is 16.2. The average Bonchev–Trinajstić information content (AvgIpc) is 3.44. The summed E-state index contributed by atoms with van der Waals surface area (Å²) in [6.07, 6.45) is 7.58. The highest BCUT2D eigenvalue weighted by Gasteiger charge is 2.30. The molecular formula is C21H31N5O. The Hall–Kier alpha value is -1.95. The van der Waals surface area contributed by atoms with Gasteiger partial charge in [0.25, 0.3) is 5.91 Å². The predicted octanol–water partition coefficient (Wildman–Crippen LogP) is 3.35. The molecule has 0 radical (unpaired) electrons. The van der Waals surface area contributed by atoms with E-state index >= 15 is 0 Å². The number of carbonyl (C=O) groups is 1. The predicted molar refractivity (Wildman–Crippen MR) is 107 cm³/mol. The first-order valence-electron chi connectivity index (χ1n) is 10.4. The molecule has 4 rings (SSSR count). The zero-order valence-corrected chi connectivity index (χ0v) is 16.7. The van der Waals surface area contributed by atoms with Crippen molar-refractivity contribution in [3.8, 4) is 0 Å². The number of pyridine rings is 1. The van der Waals surface area contributed by atoms with Gasteiger partial charge in [-0.1, -0.05) is 0 Å². The third-order valence-electron chi connectivity index (χ3n) is 6.01. The molecular weight excluding hydrogens is 338 g/mol. The van der Waals surface area contributed by atoms with Crippen LogP contribution in [0.4, 0.5) is 0 Å². The van der Waals surface area contributed by atoms with Crippen LogP contribution in [0.5, 0.6) is 0 Å². The molecule has 2 fully saturated rings. The molecule has 1 amide bonds. The van der Waals surface area contributed by atoms with Gasteiger partial charge in [0.1, 0.15) is 0 Å². The molecule has 0 aromatic carbocycles. The fourth-order valence-electron chi connectivity index (χ4n) is 4.12. The van der Waals surface area contributed by atoms with Crippen LogP contribution in [0, 0.1) is 5.92 Å². The van der Waals surface area contributed by atoms with E-state index in [9.17, 15) is 4.79 Å². The molecule has 1 aliphatic carbocycles. The molecule has 1 saturated heterocycles. The van der Waals surface area contributed by atoms with Crippen molar-refractivity contribution in [3.63, 3.8) is 0 Å². The van der Waals surface area contributed by atoms with Gasteiger partial charge in [-0.15, -0.1) is 0 Å². The number of carbonyl (C=O) groups excluding carboxylic acids is 1. The summed E-state index contributed by atoms with van der Waals surface area (Å²) in [5.74, 6) is 1.40. The van der Waals surface area contributed by atoms with Gasteiger partial charge in [-0.05, 0) is 71.5 Å². The van der Waals surface area contributed by atoms with Crippen LogP contribution in [0.1, 0.15) is 74.0 Å². The van der Waals surface area contributed by atoms with E-state index in [4.69, 9.17) is 4.98 Å². The molecule has 2 aromatic heterocycles. The van der Waals surface area contributed by atoms with E-state index in [1.807, 2.05) is 28.9 Å². The van der Waals surface area contributed by atoms with E-state index in [2.05, 4.69) is 24.3 Å². The SMILES string of the molecule is CNCCC1CCN(C(=O)c2cc(C3CC3)nc3c2cnn3C(C)C)CC1. The van der Waals surface area contributed by atoms with Gasteiger partial charge in [0.05, 0.1) is 17.1 Å². The zero-order chi connectivity index (χ0) is 19.0. The van der Waals surface area contributed by atoms with Crippen molar-refractivity contribution >= 4 is 16.9 Å². The molecule has 0 unspecified atom stereocenters. The maximum absolute atomic E-state index is 13.4. The number of amides is 1. The van der Waals surface area contributed by atoms with E-state index in [-0.39, 0.29) is 11.9 Å². The molecule has 0 atom stereocenters. The molecule has 2 aromatic rings. The summed E-state index contributed by atoms with van der Waals surface area (Å²) in [5.41, 5.74) is 2.72. The van der Waals surface area contributed by atoms with Gasteiger partial charge in [-0.3, -0.25) is 4.79 Å². The second kappa shape index (κ2) is 7.58. The minimum Gasteiger partial charge on any atom is -0.339 e. The number of nitrogens with zero attached hydrogens (tertiary/aromatic N) is 4. The number of fused-ring (bicyclic) bond motifs is 1. The normalized spacial score (nSPS) is 18.6. The van der Waals surface area contributed by atoms with Crippen molar-refractivity contribution in [2.24, 2.45) is 5.92 Å². The lowest BCUT2D eigenvalue weighted by Gasteiger charge is -2.32. The number of hydrogen-bond donors (Lipinski definition) is 1. The summed E-state index contributed by atoms with van der Waals surface area (Å²) >= 11 is 0. The summed E-state index contributed by atoms with van der Waals surface area (Å²) < 4.78 is 1.95. The Kier molecular flexibility index (Phi) is 5.17. The van der Waals surface area contributed by atoms with Gasteiger partial charge in [-0.2, -0.15) is 5.10 Å². The average molecular weight is 370 g/mol. The van der Waals surface area contributed by atoms with Crippen LogP contribution >= 0.6 is 0 Å². The molecule has 1 aliphatic heterocycles. The quantitative estimate of drug-likeness (QED) is 0.848. The first-order chi connectivity index (χ1) is 13.1. The van der Waals surface area contributed by atoms with Gasteiger partial charge in [0, 0.05) is 30.7 Å². The number of hydrogen-bond acceptors (Lipinski definition) is 4. The van der Waals surface area contributed by atoms with Gasteiger partial charge < -0.3 is 10.2 Å². The van der Waals surface area contributed by atoms with Gasteiger partial charge in [-0.25, -0.2) is 9.67 Å². The molecule has 6 heteroatoms. The van der Waals surface area contributed by atoms with Gasteiger partial charge in [0.2, 0.25) is 0 Å². The smallest absolute Gasteiger partial charge is 0.254 e. The standard InChI is InChI=1S/C21H31N5O/c1-14(2)26-20-18(13-23-26)17(12-19(24-20)16-4-5-16)21(27)25-10-7-15(8-11-25)6-9-22-3/h12-16,22H,4-11H2,1-3H3. The Morgan fingerprint density at radius 1 is 1.26 bits per heavy atom. The van der Waals surface area contributed by atoms with Crippen LogP contribution in [0.2, 0.25) is 0 Å². The Balaban J connectivity index is 1.60. The largest absolute Gasteiger partial charge is 0.339 e. The van der Waals surface area contributed by atoms with Crippen molar-refractivity contribution in [1.82, 2.24) is 25.0 Å². The zero-order valence-electron chi connectivity index (χ0n) is 16.7. The van der Waals surface area contributed by atoms with Crippen LogP contribution in [0.15, 0.2) is 12.3 Å². The highest BCUT2D eigenvalue weighted by Crippen LogP contribution is 2.40. The lowest BCUT2D eigenvalue weighted by molar-refractivity contribution is 0.0689. The number of rotatable bonds is 6. The topological polar surface area (TPSA) is 63.1 Å². The second-order valence-corrected chi connectivity index (χ2v) is 8.42.